The number of piperazine rings is 1. The van der Waals surface area contributed by atoms with E-state index >= 15 is 0 Å². The van der Waals surface area contributed by atoms with Crippen LogP contribution < -0.4 is 15.0 Å². The first-order valence-electron chi connectivity index (χ1n) is 8.58. The number of carboxylic acid groups (broad SMARTS) is 1. The fraction of sp³-hybridized carbons (Fsp3) is 0.556. The van der Waals surface area contributed by atoms with Crippen LogP contribution in [0.25, 0.3) is 0 Å². The van der Waals surface area contributed by atoms with E-state index in [9.17, 15) is 9.59 Å². The molecule has 7 heteroatoms. The third-order valence-electron chi connectivity index (χ3n) is 4.33. The lowest BCUT2D eigenvalue weighted by Gasteiger charge is -2.37. The highest BCUT2D eigenvalue weighted by Crippen LogP contribution is 2.21. The molecule has 2 N–H and O–H groups in total. The predicted octanol–water partition coefficient (Wildman–Crippen LogP) is 2.03. The first-order chi connectivity index (χ1) is 11.9. The van der Waals surface area contributed by atoms with Gasteiger partial charge in [0.1, 0.15) is 11.8 Å². The van der Waals surface area contributed by atoms with Gasteiger partial charge in [0, 0.05) is 31.9 Å². The van der Waals surface area contributed by atoms with Crippen molar-refractivity contribution in [2.75, 3.05) is 38.2 Å². The van der Waals surface area contributed by atoms with E-state index in [0.29, 0.717) is 19.5 Å². The minimum Gasteiger partial charge on any atom is -0.497 e. The van der Waals surface area contributed by atoms with E-state index in [-0.39, 0.29) is 11.8 Å². The van der Waals surface area contributed by atoms with Gasteiger partial charge in [0.2, 0.25) is 5.91 Å². The van der Waals surface area contributed by atoms with Crippen LogP contribution in [0.15, 0.2) is 24.3 Å². The number of carbonyl (C=O) groups is 2. The number of carbonyl (C=O) groups excluding carboxylic acids is 1. The Balaban J connectivity index is 1.94. The maximum Gasteiger partial charge on any atom is 0.405 e. The van der Waals surface area contributed by atoms with Crippen molar-refractivity contribution in [3.05, 3.63) is 24.3 Å². The molecule has 25 heavy (non-hydrogen) atoms. The van der Waals surface area contributed by atoms with Crippen molar-refractivity contribution in [2.45, 2.75) is 26.3 Å². The molecular formula is C18H27N3O4. The summed E-state index contributed by atoms with van der Waals surface area (Å²) in [5, 5.41) is 11.3. The van der Waals surface area contributed by atoms with Gasteiger partial charge >= 0.3 is 6.09 Å². The van der Waals surface area contributed by atoms with Gasteiger partial charge in [0.25, 0.3) is 0 Å². The highest BCUT2D eigenvalue weighted by molar-refractivity contribution is 5.85. The molecule has 1 aromatic rings. The molecule has 1 fully saturated rings. The maximum absolute atomic E-state index is 12.7. The maximum atomic E-state index is 12.7. The van der Waals surface area contributed by atoms with Crippen LogP contribution in [0.4, 0.5) is 10.5 Å². The Hall–Kier alpha value is -2.44. The summed E-state index contributed by atoms with van der Waals surface area (Å²) < 4.78 is 5.17. The van der Waals surface area contributed by atoms with E-state index in [0.717, 1.165) is 24.5 Å². The molecular weight excluding hydrogens is 322 g/mol. The van der Waals surface area contributed by atoms with Crippen LogP contribution in [0.2, 0.25) is 0 Å². The molecule has 1 aliphatic heterocycles. The van der Waals surface area contributed by atoms with Gasteiger partial charge in [-0.15, -0.1) is 0 Å². The number of anilines is 1. The number of methoxy groups -OCH3 is 1. The minimum atomic E-state index is -1.16. The molecule has 2 amide bonds. The summed E-state index contributed by atoms with van der Waals surface area (Å²) in [6.07, 6.45) is -0.653. The lowest BCUT2D eigenvalue weighted by molar-refractivity contribution is -0.134. The summed E-state index contributed by atoms with van der Waals surface area (Å²) in [6, 6.07) is 7.17. The molecule has 0 spiro atoms. The van der Waals surface area contributed by atoms with Crippen molar-refractivity contribution in [3.8, 4) is 5.75 Å². The average molecular weight is 349 g/mol. The zero-order valence-corrected chi connectivity index (χ0v) is 15.1. The zero-order valence-electron chi connectivity index (χ0n) is 15.1. The van der Waals surface area contributed by atoms with Gasteiger partial charge < -0.3 is 25.0 Å². The Bertz CT molecular complexity index is 580. The Morgan fingerprint density at radius 1 is 1.16 bits per heavy atom. The van der Waals surface area contributed by atoms with Gasteiger partial charge in [-0.2, -0.15) is 0 Å². The molecule has 0 radical (unpaired) electrons. The van der Waals surface area contributed by atoms with Crippen LogP contribution >= 0.6 is 0 Å². The Labute approximate surface area is 148 Å². The minimum absolute atomic E-state index is 0.134. The Morgan fingerprint density at radius 2 is 1.76 bits per heavy atom. The molecule has 1 aromatic carbocycles. The smallest absolute Gasteiger partial charge is 0.405 e. The van der Waals surface area contributed by atoms with Gasteiger partial charge in [-0.3, -0.25) is 4.79 Å². The number of ether oxygens (including phenoxy) is 1. The van der Waals surface area contributed by atoms with Crippen molar-refractivity contribution < 1.29 is 19.4 Å². The van der Waals surface area contributed by atoms with Crippen molar-refractivity contribution >= 4 is 17.7 Å². The van der Waals surface area contributed by atoms with Crippen LogP contribution in [-0.2, 0) is 4.79 Å². The third kappa shape index (κ3) is 5.27. The number of hydrogen-bond donors (Lipinski definition) is 2. The number of nitrogens with one attached hydrogen (secondary N) is 1. The van der Waals surface area contributed by atoms with Crippen molar-refractivity contribution in [1.29, 1.82) is 0 Å². The van der Waals surface area contributed by atoms with Crippen LogP contribution in [-0.4, -0.2) is 61.3 Å². The fourth-order valence-electron chi connectivity index (χ4n) is 3.04. The molecule has 2 rings (SSSR count). The number of amides is 2. The van der Waals surface area contributed by atoms with Crippen LogP contribution in [0.1, 0.15) is 20.3 Å². The lowest BCUT2D eigenvalue weighted by Crippen LogP contribution is -2.55. The average Bonchev–Trinajstić information content (AvgIpc) is 2.60. The number of rotatable bonds is 6. The van der Waals surface area contributed by atoms with E-state index in [2.05, 4.69) is 10.2 Å². The summed E-state index contributed by atoms with van der Waals surface area (Å²) in [5.74, 6) is 0.917. The third-order valence-corrected chi connectivity index (χ3v) is 4.33. The zero-order chi connectivity index (χ0) is 18.4. The Morgan fingerprint density at radius 3 is 2.24 bits per heavy atom. The molecule has 138 valence electrons. The van der Waals surface area contributed by atoms with E-state index in [4.69, 9.17) is 9.84 Å². The van der Waals surface area contributed by atoms with Gasteiger partial charge in [0.05, 0.1) is 7.11 Å². The molecule has 0 saturated carbocycles. The predicted molar refractivity (Wildman–Crippen MR) is 96.2 cm³/mol. The summed E-state index contributed by atoms with van der Waals surface area (Å²) >= 11 is 0. The molecule has 7 nitrogen and oxygen atoms in total. The summed E-state index contributed by atoms with van der Waals surface area (Å²) in [7, 11) is 1.64. The van der Waals surface area contributed by atoms with Crippen molar-refractivity contribution in [2.24, 2.45) is 5.92 Å². The summed E-state index contributed by atoms with van der Waals surface area (Å²) in [4.78, 5) is 27.6. The second kappa shape index (κ2) is 8.60. The van der Waals surface area contributed by atoms with Gasteiger partial charge in [-0.05, 0) is 36.6 Å². The summed E-state index contributed by atoms with van der Waals surface area (Å²) in [6.45, 7) is 6.57. The molecule has 0 aliphatic carbocycles. The highest BCUT2D eigenvalue weighted by atomic mass is 16.5. The van der Waals surface area contributed by atoms with E-state index < -0.39 is 12.1 Å². The number of hydrogen-bond acceptors (Lipinski definition) is 4. The largest absolute Gasteiger partial charge is 0.497 e. The molecule has 1 heterocycles. The first-order valence-corrected chi connectivity index (χ1v) is 8.58. The normalized spacial score (nSPS) is 15.8. The molecule has 0 bridgehead atoms. The quantitative estimate of drug-likeness (QED) is 0.821. The number of benzene rings is 1. The standard InChI is InChI=1S/C18H27N3O4/c1-13(2)12-16(19-18(23)24)17(22)21-10-8-20(9-11-21)14-4-6-15(25-3)7-5-14/h4-7,13,16,19H,8-12H2,1-3H3,(H,23,24). The van der Waals surface area contributed by atoms with Gasteiger partial charge in [-0.1, -0.05) is 13.8 Å². The lowest BCUT2D eigenvalue weighted by atomic mass is 10.0. The Kier molecular flexibility index (Phi) is 6.50. The molecule has 1 unspecified atom stereocenters. The van der Waals surface area contributed by atoms with Crippen LogP contribution in [0, 0.1) is 5.92 Å². The summed E-state index contributed by atoms with van der Waals surface area (Å²) in [5.41, 5.74) is 1.09. The van der Waals surface area contributed by atoms with E-state index in [1.54, 1.807) is 12.0 Å². The second-order valence-electron chi connectivity index (χ2n) is 6.64. The fourth-order valence-corrected chi connectivity index (χ4v) is 3.04. The van der Waals surface area contributed by atoms with E-state index in [1.807, 2.05) is 38.1 Å². The van der Waals surface area contributed by atoms with Crippen molar-refractivity contribution in [3.63, 3.8) is 0 Å². The first kappa shape index (κ1) is 18.9. The SMILES string of the molecule is COc1ccc(N2CCN(C(=O)C(CC(C)C)NC(=O)O)CC2)cc1. The molecule has 1 atom stereocenters. The van der Waals surface area contributed by atoms with Crippen molar-refractivity contribution in [1.82, 2.24) is 10.2 Å². The number of nitrogens with zero attached hydrogens (tertiary/aromatic N) is 2. The topological polar surface area (TPSA) is 82.1 Å². The van der Waals surface area contributed by atoms with Crippen LogP contribution in [0.5, 0.6) is 5.75 Å². The molecule has 0 aromatic heterocycles. The van der Waals surface area contributed by atoms with E-state index in [1.165, 1.54) is 0 Å². The monoisotopic (exact) mass is 349 g/mol. The molecule has 1 aliphatic rings. The second-order valence-corrected chi connectivity index (χ2v) is 6.64. The van der Waals surface area contributed by atoms with Gasteiger partial charge in [0.15, 0.2) is 0 Å². The molecule has 1 saturated heterocycles. The highest BCUT2D eigenvalue weighted by Gasteiger charge is 2.29. The van der Waals surface area contributed by atoms with Crippen LogP contribution in [0.3, 0.4) is 0 Å². The van der Waals surface area contributed by atoms with Gasteiger partial charge in [-0.25, -0.2) is 4.79 Å².